The number of benzene rings is 1. The minimum Gasteiger partial charge on any atom is -0.326 e. The molecule has 1 aromatic carbocycles. The third-order valence-electron chi connectivity index (χ3n) is 6.00. The van der Waals surface area contributed by atoms with Crippen LogP contribution in [0.3, 0.4) is 0 Å². The molecule has 0 radical (unpaired) electrons. The highest BCUT2D eigenvalue weighted by molar-refractivity contribution is 5.61. The number of hydrogen-bond donors (Lipinski definition) is 1. The van der Waals surface area contributed by atoms with Crippen LogP contribution in [0.1, 0.15) is 51.3 Å². The summed E-state index contributed by atoms with van der Waals surface area (Å²) in [4.78, 5) is 0. The van der Waals surface area contributed by atoms with E-state index in [-0.39, 0.29) is 16.8 Å². The SMILES string of the molecule is CC(C)(N)CC1CCC2=Cc3c(cnn3-c3ccc(F)cc3)CC21C. The van der Waals surface area contributed by atoms with Crippen LogP contribution < -0.4 is 5.73 Å². The van der Waals surface area contributed by atoms with Crippen molar-refractivity contribution in [3.8, 4) is 5.69 Å². The van der Waals surface area contributed by atoms with Gasteiger partial charge in [0.1, 0.15) is 5.82 Å². The topological polar surface area (TPSA) is 43.8 Å². The van der Waals surface area contributed by atoms with Gasteiger partial charge in [-0.1, -0.05) is 12.5 Å². The Balaban J connectivity index is 1.70. The molecule has 0 spiro atoms. The van der Waals surface area contributed by atoms with Gasteiger partial charge in [0.2, 0.25) is 0 Å². The highest BCUT2D eigenvalue weighted by Crippen LogP contribution is 2.55. The molecule has 25 heavy (non-hydrogen) atoms. The lowest BCUT2D eigenvalue weighted by Gasteiger charge is -2.38. The molecule has 1 fully saturated rings. The summed E-state index contributed by atoms with van der Waals surface area (Å²) in [5.74, 6) is 0.389. The van der Waals surface area contributed by atoms with Crippen LogP contribution >= 0.6 is 0 Å². The first-order valence-electron chi connectivity index (χ1n) is 9.09. The highest BCUT2D eigenvalue weighted by atomic mass is 19.1. The summed E-state index contributed by atoms with van der Waals surface area (Å²) in [6, 6.07) is 6.53. The predicted octanol–water partition coefficient (Wildman–Crippen LogP) is 4.49. The zero-order valence-electron chi connectivity index (χ0n) is 15.2. The molecular weight excluding hydrogens is 313 g/mol. The molecule has 2 aromatic rings. The van der Waals surface area contributed by atoms with E-state index < -0.39 is 0 Å². The van der Waals surface area contributed by atoms with E-state index in [2.05, 4.69) is 31.9 Å². The molecule has 132 valence electrons. The summed E-state index contributed by atoms with van der Waals surface area (Å²) in [5, 5.41) is 4.58. The molecule has 1 saturated carbocycles. The molecule has 0 amide bonds. The van der Waals surface area contributed by atoms with Crippen LogP contribution in [0.15, 0.2) is 36.0 Å². The molecule has 4 heteroatoms. The van der Waals surface area contributed by atoms with Gasteiger partial charge in [0, 0.05) is 5.54 Å². The fraction of sp³-hybridized carbons (Fsp3) is 0.476. The number of nitrogens with zero attached hydrogens (tertiary/aromatic N) is 2. The Kier molecular flexibility index (Phi) is 3.66. The summed E-state index contributed by atoms with van der Waals surface area (Å²) in [6.45, 7) is 6.64. The van der Waals surface area contributed by atoms with E-state index in [1.54, 1.807) is 12.1 Å². The van der Waals surface area contributed by atoms with Gasteiger partial charge in [-0.15, -0.1) is 0 Å². The first-order chi connectivity index (χ1) is 11.8. The van der Waals surface area contributed by atoms with Gasteiger partial charge >= 0.3 is 0 Å². The fourth-order valence-corrected chi connectivity index (χ4v) is 4.68. The molecule has 4 rings (SSSR count). The molecule has 2 N–H and O–H groups in total. The lowest BCUT2D eigenvalue weighted by Crippen LogP contribution is -2.39. The predicted molar refractivity (Wildman–Crippen MR) is 98.9 cm³/mol. The Hall–Kier alpha value is -1.94. The molecule has 3 nitrogen and oxygen atoms in total. The quantitative estimate of drug-likeness (QED) is 0.895. The maximum atomic E-state index is 13.2. The van der Waals surface area contributed by atoms with Gasteiger partial charge < -0.3 is 5.73 Å². The summed E-state index contributed by atoms with van der Waals surface area (Å²) < 4.78 is 15.2. The van der Waals surface area contributed by atoms with E-state index in [0.29, 0.717) is 5.92 Å². The Labute approximate surface area is 148 Å². The Bertz CT molecular complexity index is 826. The van der Waals surface area contributed by atoms with Gasteiger partial charge in [-0.2, -0.15) is 5.10 Å². The van der Waals surface area contributed by atoms with Crippen molar-refractivity contribution in [3.63, 3.8) is 0 Å². The summed E-state index contributed by atoms with van der Waals surface area (Å²) in [5.41, 5.74) is 11.2. The van der Waals surface area contributed by atoms with Crippen LogP contribution in [0.2, 0.25) is 0 Å². The van der Waals surface area contributed by atoms with E-state index in [1.807, 2.05) is 10.9 Å². The molecule has 2 aliphatic rings. The second-order valence-electron chi connectivity index (χ2n) is 8.64. The maximum absolute atomic E-state index is 13.2. The van der Waals surface area contributed by atoms with Crippen molar-refractivity contribution < 1.29 is 4.39 Å². The molecule has 2 atom stereocenters. The number of nitrogens with two attached hydrogens (primary N) is 1. The van der Waals surface area contributed by atoms with Crippen molar-refractivity contribution in [3.05, 3.63) is 53.1 Å². The van der Waals surface area contributed by atoms with Gasteiger partial charge in [0.25, 0.3) is 0 Å². The van der Waals surface area contributed by atoms with Crippen LogP contribution in [0.4, 0.5) is 4.39 Å². The van der Waals surface area contributed by atoms with E-state index in [9.17, 15) is 4.39 Å². The Morgan fingerprint density at radius 2 is 2.04 bits per heavy atom. The Morgan fingerprint density at radius 3 is 2.72 bits per heavy atom. The normalized spacial score (nSPS) is 25.5. The fourth-order valence-electron chi connectivity index (χ4n) is 4.68. The minimum absolute atomic E-state index is 0.137. The summed E-state index contributed by atoms with van der Waals surface area (Å²) in [6.07, 6.45) is 8.68. The minimum atomic E-state index is -0.223. The van der Waals surface area contributed by atoms with Crippen LogP contribution in [0, 0.1) is 17.2 Å². The lowest BCUT2D eigenvalue weighted by atomic mass is 9.67. The zero-order valence-corrected chi connectivity index (χ0v) is 15.2. The van der Waals surface area contributed by atoms with Gasteiger partial charge in [0.15, 0.2) is 0 Å². The number of aromatic nitrogens is 2. The first-order valence-corrected chi connectivity index (χ1v) is 9.09. The largest absolute Gasteiger partial charge is 0.326 e. The smallest absolute Gasteiger partial charge is 0.123 e. The van der Waals surface area contributed by atoms with Crippen molar-refractivity contribution in [2.24, 2.45) is 17.1 Å². The van der Waals surface area contributed by atoms with Crippen molar-refractivity contribution in [2.45, 2.75) is 52.0 Å². The van der Waals surface area contributed by atoms with Crippen LogP contribution in [-0.2, 0) is 6.42 Å². The van der Waals surface area contributed by atoms with Crippen molar-refractivity contribution in [1.82, 2.24) is 9.78 Å². The van der Waals surface area contributed by atoms with E-state index in [4.69, 9.17) is 5.73 Å². The molecule has 2 unspecified atom stereocenters. The second-order valence-corrected chi connectivity index (χ2v) is 8.64. The Morgan fingerprint density at radius 1 is 1.32 bits per heavy atom. The zero-order chi connectivity index (χ0) is 17.8. The van der Waals surface area contributed by atoms with Crippen molar-refractivity contribution >= 4 is 6.08 Å². The molecular formula is C21H26FN3. The first kappa shape index (κ1) is 16.5. The monoisotopic (exact) mass is 339 g/mol. The van der Waals surface area contributed by atoms with E-state index in [0.717, 1.165) is 30.6 Å². The molecule has 0 saturated heterocycles. The van der Waals surface area contributed by atoms with Crippen molar-refractivity contribution in [2.75, 3.05) is 0 Å². The van der Waals surface area contributed by atoms with Crippen LogP contribution in [-0.4, -0.2) is 15.3 Å². The van der Waals surface area contributed by atoms with E-state index in [1.165, 1.54) is 29.7 Å². The summed E-state index contributed by atoms with van der Waals surface area (Å²) in [7, 11) is 0. The average Bonchev–Trinajstić information content (AvgIpc) is 3.06. The van der Waals surface area contributed by atoms with Gasteiger partial charge in [-0.25, -0.2) is 9.07 Å². The van der Waals surface area contributed by atoms with Crippen LogP contribution in [0.5, 0.6) is 0 Å². The number of rotatable bonds is 3. The van der Waals surface area contributed by atoms with Crippen LogP contribution in [0.25, 0.3) is 11.8 Å². The van der Waals surface area contributed by atoms with Crippen molar-refractivity contribution in [1.29, 1.82) is 0 Å². The molecule has 2 aliphatic carbocycles. The lowest BCUT2D eigenvalue weighted by molar-refractivity contribution is 0.217. The molecule has 0 bridgehead atoms. The molecule has 1 aromatic heterocycles. The average molecular weight is 339 g/mol. The van der Waals surface area contributed by atoms with Gasteiger partial charge in [-0.3, -0.25) is 0 Å². The second kappa shape index (κ2) is 5.53. The number of halogens is 1. The molecule has 0 aliphatic heterocycles. The standard InChI is InChI=1S/C21H26FN3/c1-20(2,23)12-16-5-4-15-10-19-14(11-21(15,16)3)13-24-25(19)18-8-6-17(22)7-9-18/h6-10,13,16H,4-5,11-12,23H2,1-3H3. The molecule has 1 heterocycles. The van der Waals surface area contributed by atoms with Gasteiger partial charge in [0.05, 0.1) is 17.6 Å². The third-order valence-corrected chi connectivity index (χ3v) is 6.00. The highest BCUT2D eigenvalue weighted by Gasteiger charge is 2.46. The third kappa shape index (κ3) is 2.82. The summed E-state index contributed by atoms with van der Waals surface area (Å²) >= 11 is 0. The van der Waals surface area contributed by atoms with Gasteiger partial charge in [-0.05, 0) is 86.8 Å². The number of fused-ring (bicyclic) bond motifs is 2. The maximum Gasteiger partial charge on any atom is 0.123 e. The number of allylic oxidation sites excluding steroid dienone is 1. The van der Waals surface area contributed by atoms with E-state index >= 15 is 0 Å². The number of hydrogen-bond acceptors (Lipinski definition) is 2.